The molecule has 0 aromatic heterocycles. The molecule has 1 saturated heterocycles. The molecule has 0 aliphatic carbocycles. The zero-order chi connectivity index (χ0) is 18.3. The molecule has 2 N–H and O–H groups in total. The van der Waals surface area contributed by atoms with Gasteiger partial charge >= 0.3 is 6.09 Å². The summed E-state index contributed by atoms with van der Waals surface area (Å²) in [4.78, 5) is 13.1. The highest BCUT2D eigenvalue weighted by molar-refractivity contribution is 6.30. The van der Waals surface area contributed by atoms with Crippen LogP contribution >= 0.6 is 11.6 Å². The Morgan fingerprint density at radius 2 is 2.08 bits per heavy atom. The largest absolute Gasteiger partial charge is 0.444 e. The Morgan fingerprint density at radius 3 is 2.67 bits per heavy atom. The van der Waals surface area contributed by atoms with Crippen LogP contribution in [0.5, 0.6) is 0 Å². The summed E-state index contributed by atoms with van der Waals surface area (Å²) in [6, 6.07) is 1.58. The minimum atomic E-state index is -3.28. The Bertz CT molecular complexity index is 634. The molecule has 0 saturated carbocycles. The first-order valence-electron chi connectivity index (χ1n) is 7.48. The fourth-order valence-electron chi connectivity index (χ4n) is 2.61. The lowest BCUT2D eigenvalue weighted by molar-refractivity contribution is -0.00942. The summed E-state index contributed by atoms with van der Waals surface area (Å²) >= 11 is 5.72. The second-order valence-corrected chi connectivity index (χ2v) is 7.29. The number of halogens is 4. The second-order valence-electron chi connectivity index (χ2n) is 6.88. The Labute approximate surface area is 143 Å². The summed E-state index contributed by atoms with van der Waals surface area (Å²) < 4.78 is 47.3. The number of hydrogen-bond acceptors (Lipinski definition) is 3. The van der Waals surface area contributed by atoms with E-state index in [1.54, 1.807) is 20.8 Å². The average Bonchev–Trinajstić information content (AvgIpc) is 2.66. The maximum atomic E-state index is 14.1. The Morgan fingerprint density at radius 1 is 1.46 bits per heavy atom. The SMILES string of the molecule is CC(C)(C)OC(=O)N1CC(F)(F)[C@H](N)[C@@H]1Cc1cccc(Cl)c1F. The number of benzene rings is 1. The van der Waals surface area contributed by atoms with E-state index in [0.717, 1.165) is 4.90 Å². The Kier molecular flexibility index (Phi) is 5.06. The Hall–Kier alpha value is -1.47. The third-order valence-electron chi connectivity index (χ3n) is 3.77. The van der Waals surface area contributed by atoms with E-state index in [2.05, 4.69) is 0 Å². The number of nitrogens with zero attached hydrogens (tertiary/aromatic N) is 1. The van der Waals surface area contributed by atoms with Crippen molar-refractivity contribution in [3.05, 3.63) is 34.6 Å². The molecular formula is C16H20ClF3N2O2. The highest BCUT2D eigenvalue weighted by Crippen LogP contribution is 2.34. The first-order valence-corrected chi connectivity index (χ1v) is 7.86. The minimum Gasteiger partial charge on any atom is -0.444 e. The molecule has 0 spiro atoms. The third-order valence-corrected chi connectivity index (χ3v) is 4.06. The van der Waals surface area contributed by atoms with Crippen LogP contribution in [0.1, 0.15) is 26.3 Å². The molecule has 2 rings (SSSR count). The lowest BCUT2D eigenvalue weighted by Crippen LogP contribution is -2.48. The first kappa shape index (κ1) is 18.9. The number of likely N-dealkylation sites (tertiary alicyclic amines) is 1. The second kappa shape index (κ2) is 6.44. The molecule has 0 bridgehead atoms. The van der Waals surface area contributed by atoms with Crippen molar-refractivity contribution in [3.63, 3.8) is 0 Å². The van der Waals surface area contributed by atoms with Crippen molar-refractivity contribution >= 4 is 17.7 Å². The van der Waals surface area contributed by atoms with Gasteiger partial charge in [-0.15, -0.1) is 0 Å². The fraction of sp³-hybridized carbons (Fsp3) is 0.562. The number of carbonyl (C=O) groups excluding carboxylic acids is 1. The number of hydrogen-bond donors (Lipinski definition) is 1. The van der Waals surface area contributed by atoms with Gasteiger partial charge in [0, 0.05) is 0 Å². The van der Waals surface area contributed by atoms with Gasteiger partial charge in [-0.1, -0.05) is 23.7 Å². The van der Waals surface area contributed by atoms with Crippen molar-refractivity contribution in [2.45, 2.75) is 50.8 Å². The molecular weight excluding hydrogens is 345 g/mol. The normalized spacial score (nSPS) is 23.4. The van der Waals surface area contributed by atoms with Crippen LogP contribution in [-0.2, 0) is 11.2 Å². The highest BCUT2D eigenvalue weighted by atomic mass is 35.5. The van der Waals surface area contributed by atoms with E-state index >= 15 is 0 Å². The molecule has 2 atom stereocenters. The molecule has 1 aliphatic heterocycles. The van der Waals surface area contributed by atoms with Crippen LogP contribution in [0.25, 0.3) is 0 Å². The first-order chi connectivity index (χ1) is 10.9. The molecule has 0 unspecified atom stereocenters. The molecule has 1 heterocycles. The van der Waals surface area contributed by atoms with Gasteiger partial charge in [0.05, 0.1) is 23.7 Å². The molecule has 0 radical (unpaired) electrons. The van der Waals surface area contributed by atoms with Crippen molar-refractivity contribution in [3.8, 4) is 0 Å². The van der Waals surface area contributed by atoms with Gasteiger partial charge in [-0.25, -0.2) is 18.0 Å². The number of amides is 1. The molecule has 1 aromatic carbocycles. The minimum absolute atomic E-state index is 0.116. The van der Waals surface area contributed by atoms with Crippen LogP contribution in [0.3, 0.4) is 0 Å². The standard InChI is InChI=1S/C16H20ClF3N2O2/c1-15(2,3)24-14(23)22-8-16(19,20)13(21)11(22)7-9-5-4-6-10(17)12(9)18/h4-6,11,13H,7-8,21H2,1-3H3/t11-,13+/m0/s1. The average molecular weight is 365 g/mol. The molecule has 24 heavy (non-hydrogen) atoms. The van der Waals surface area contributed by atoms with E-state index in [-0.39, 0.29) is 17.0 Å². The van der Waals surface area contributed by atoms with Gasteiger partial charge in [0.2, 0.25) is 0 Å². The number of ether oxygens (including phenoxy) is 1. The van der Waals surface area contributed by atoms with Gasteiger partial charge in [0.25, 0.3) is 5.92 Å². The van der Waals surface area contributed by atoms with Crippen molar-refractivity contribution in [1.29, 1.82) is 0 Å². The van der Waals surface area contributed by atoms with Crippen LogP contribution < -0.4 is 5.73 Å². The number of alkyl halides is 2. The summed E-state index contributed by atoms with van der Waals surface area (Å²) in [5.41, 5.74) is 4.91. The van der Waals surface area contributed by atoms with Crippen LogP contribution in [-0.4, -0.2) is 41.1 Å². The van der Waals surface area contributed by atoms with E-state index in [9.17, 15) is 18.0 Å². The van der Waals surface area contributed by atoms with E-state index < -0.39 is 42.1 Å². The highest BCUT2D eigenvalue weighted by Gasteiger charge is 2.55. The summed E-state index contributed by atoms with van der Waals surface area (Å²) in [6.07, 6.45) is -1.08. The number of nitrogens with two attached hydrogens (primary N) is 1. The van der Waals surface area contributed by atoms with Crippen LogP contribution in [0.15, 0.2) is 18.2 Å². The lowest BCUT2D eigenvalue weighted by atomic mass is 9.99. The predicted molar refractivity (Wildman–Crippen MR) is 84.8 cm³/mol. The molecule has 8 heteroatoms. The summed E-state index contributed by atoms with van der Waals surface area (Å²) in [6.45, 7) is 4.02. The van der Waals surface area contributed by atoms with E-state index in [4.69, 9.17) is 22.1 Å². The van der Waals surface area contributed by atoms with E-state index in [1.807, 2.05) is 0 Å². The van der Waals surface area contributed by atoms with Gasteiger partial charge in [-0.3, -0.25) is 4.90 Å². The van der Waals surface area contributed by atoms with Gasteiger partial charge in [0.1, 0.15) is 11.4 Å². The lowest BCUT2D eigenvalue weighted by Gasteiger charge is -2.29. The summed E-state index contributed by atoms with van der Waals surface area (Å²) in [7, 11) is 0. The maximum Gasteiger partial charge on any atom is 0.410 e. The van der Waals surface area contributed by atoms with E-state index in [1.165, 1.54) is 18.2 Å². The zero-order valence-electron chi connectivity index (χ0n) is 13.7. The van der Waals surface area contributed by atoms with E-state index in [0.29, 0.717) is 0 Å². The summed E-state index contributed by atoms with van der Waals surface area (Å²) in [5.74, 6) is -3.98. The number of carbonyl (C=O) groups is 1. The molecule has 1 aromatic rings. The van der Waals surface area contributed by atoms with Crippen molar-refractivity contribution < 1.29 is 22.7 Å². The molecule has 1 amide bonds. The topological polar surface area (TPSA) is 55.6 Å². The molecule has 134 valence electrons. The van der Waals surface area contributed by atoms with Gasteiger partial charge in [0.15, 0.2) is 0 Å². The maximum absolute atomic E-state index is 14.1. The number of rotatable bonds is 2. The molecule has 1 aliphatic rings. The van der Waals surface area contributed by atoms with Crippen molar-refractivity contribution in [2.24, 2.45) is 5.73 Å². The molecule has 4 nitrogen and oxygen atoms in total. The van der Waals surface area contributed by atoms with Gasteiger partial charge in [-0.05, 0) is 38.8 Å². The zero-order valence-corrected chi connectivity index (χ0v) is 14.4. The smallest absolute Gasteiger partial charge is 0.410 e. The Balaban J connectivity index is 2.29. The van der Waals surface area contributed by atoms with Crippen LogP contribution in [0, 0.1) is 5.82 Å². The van der Waals surface area contributed by atoms with Crippen LogP contribution in [0.4, 0.5) is 18.0 Å². The quantitative estimate of drug-likeness (QED) is 0.872. The summed E-state index contributed by atoms with van der Waals surface area (Å²) in [5, 5.41) is -0.116. The van der Waals surface area contributed by atoms with Gasteiger partial charge in [-0.2, -0.15) is 0 Å². The monoisotopic (exact) mass is 364 g/mol. The predicted octanol–water partition coefficient (Wildman–Crippen LogP) is 3.60. The van der Waals surface area contributed by atoms with Crippen molar-refractivity contribution in [1.82, 2.24) is 4.90 Å². The molecule has 1 fully saturated rings. The third kappa shape index (κ3) is 3.95. The van der Waals surface area contributed by atoms with Crippen molar-refractivity contribution in [2.75, 3.05) is 6.54 Å². The fourth-order valence-corrected chi connectivity index (χ4v) is 2.81. The van der Waals surface area contributed by atoms with Crippen LogP contribution in [0.2, 0.25) is 5.02 Å². The van der Waals surface area contributed by atoms with Gasteiger partial charge < -0.3 is 10.5 Å².